The first-order valence-corrected chi connectivity index (χ1v) is 11.3. The van der Waals surface area contributed by atoms with Gasteiger partial charge in [-0.15, -0.1) is 0 Å². The van der Waals surface area contributed by atoms with Crippen LogP contribution in [0, 0.1) is 0 Å². The smallest absolute Gasteiger partial charge is 0.343 e. The fourth-order valence-electron chi connectivity index (χ4n) is 3.18. The molecule has 0 aliphatic heterocycles. The summed E-state index contributed by atoms with van der Waals surface area (Å²) in [6, 6.07) is 27.2. The molecule has 0 saturated heterocycles. The van der Waals surface area contributed by atoms with Gasteiger partial charge in [-0.3, -0.25) is 4.79 Å². The van der Waals surface area contributed by atoms with E-state index in [1.165, 1.54) is 6.21 Å². The van der Waals surface area contributed by atoms with Crippen molar-refractivity contribution in [2.24, 2.45) is 5.10 Å². The molecule has 1 N–H and O–H groups in total. The van der Waals surface area contributed by atoms with Crippen LogP contribution in [-0.2, 0) is 4.79 Å². The molecule has 170 valence electrons. The second-order valence-electron chi connectivity index (χ2n) is 7.44. The van der Waals surface area contributed by atoms with E-state index >= 15 is 0 Å². The van der Waals surface area contributed by atoms with Crippen molar-refractivity contribution in [1.82, 2.24) is 5.43 Å². The standard InChI is InChI=1S/C27H21BrN2O4/c1-18(33-25-8-4-6-20-5-2-3-7-24(20)25)26(31)30-29-17-19-9-15-23(16-10-19)34-27(32)21-11-13-22(28)14-12-21/h2-18H,1H3,(H,30,31). The maximum atomic E-state index is 12.4. The summed E-state index contributed by atoms with van der Waals surface area (Å²) in [5.41, 5.74) is 3.67. The van der Waals surface area contributed by atoms with E-state index in [2.05, 4.69) is 26.5 Å². The van der Waals surface area contributed by atoms with Crippen LogP contribution in [0.5, 0.6) is 11.5 Å². The zero-order valence-corrected chi connectivity index (χ0v) is 19.9. The number of hydrogen-bond acceptors (Lipinski definition) is 5. The number of hydrazone groups is 1. The number of benzene rings is 4. The second-order valence-corrected chi connectivity index (χ2v) is 8.35. The summed E-state index contributed by atoms with van der Waals surface area (Å²) in [6.45, 7) is 1.67. The Hall–Kier alpha value is -3.97. The van der Waals surface area contributed by atoms with Crippen LogP contribution in [0.3, 0.4) is 0 Å². The van der Waals surface area contributed by atoms with E-state index in [-0.39, 0.29) is 5.91 Å². The topological polar surface area (TPSA) is 77.0 Å². The number of carbonyl (C=O) groups is 2. The largest absolute Gasteiger partial charge is 0.480 e. The summed E-state index contributed by atoms with van der Waals surface area (Å²) in [7, 11) is 0. The van der Waals surface area contributed by atoms with Crippen LogP contribution in [0.15, 0.2) is 101 Å². The first-order chi connectivity index (χ1) is 16.5. The Morgan fingerprint density at radius 1 is 0.912 bits per heavy atom. The van der Waals surface area contributed by atoms with Gasteiger partial charge >= 0.3 is 5.97 Å². The summed E-state index contributed by atoms with van der Waals surface area (Å²) in [5.74, 6) is 0.231. The number of rotatable bonds is 7. The number of amides is 1. The minimum absolute atomic E-state index is 0.371. The highest BCUT2D eigenvalue weighted by Gasteiger charge is 2.15. The van der Waals surface area contributed by atoms with Crippen molar-refractivity contribution in [1.29, 1.82) is 0 Å². The predicted molar refractivity (Wildman–Crippen MR) is 135 cm³/mol. The number of carbonyl (C=O) groups excluding carboxylic acids is 2. The van der Waals surface area contributed by atoms with Gasteiger partial charge in [-0.1, -0.05) is 52.3 Å². The average Bonchev–Trinajstić information content (AvgIpc) is 2.85. The molecule has 0 aliphatic carbocycles. The lowest BCUT2D eigenvalue weighted by atomic mass is 10.1. The van der Waals surface area contributed by atoms with Crippen LogP contribution in [0.2, 0.25) is 0 Å². The predicted octanol–water partition coefficient (Wildman–Crippen LogP) is 5.74. The van der Waals surface area contributed by atoms with E-state index in [1.807, 2.05) is 42.5 Å². The van der Waals surface area contributed by atoms with Crippen molar-refractivity contribution < 1.29 is 19.1 Å². The van der Waals surface area contributed by atoms with E-state index in [4.69, 9.17) is 9.47 Å². The summed E-state index contributed by atoms with van der Waals surface area (Å²) >= 11 is 3.33. The Balaban J connectivity index is 1.30. The van der Waals surface area contributed by atoms with Crippen molar-refractivity contribution in [3.63, 3.8) is 0 Å². The maximum absolute atomic E-state index is 12.4. The highest BCUT2D eigenvalue weighted by Crippen LogP contribution is 2.26. The number of fused-ring (bicyclic) bond motifs is 1. The number of esters is 1. The highest BCUT2D eigenvalue weighted by molar-refractivity contribution is 9.10. The maximum Gasteiger partial charge on any atom is 0.343 e. The molecule has 0 saturated carbocycles. The van der Waals surface area contributed by atoms with Gasteiger partial charge in [0.15, 0.2) is 6.10 Å². The van der Waals surface area contributed by atoms with E-state index in [9.17, 15) is 9.59 Å². The van der Waals surface area contributed by atoms with Gasteiger partial charge in [0.05, 0.1) is 11.8 Å². The second kappa shape index (κ2) is 10.8. The molecule has 4 aromatic rings. The molecule has 0 heterocycles. The van der Waals surface area contributed by atoms with Crippen molar-refractivity contribution in [3.05, 3.63) is 107 Å². The van der Waals surface area contributed by atoms with Crippen molar-refractivity contribution in [2.75, 3.05) is 0 Å². The van der Waals surface area contributed by atoms with Crippen LogP contribution in [0.1, 0.15) is 22.8 Å². The van der Waals surface area contributed by atoms with Crippen LogP contribution in [0.4, 0.5) is 0 Å². The molecule has 0 aromatic heterocycles. The lowest BCUT2D eigenvalue weighted by Gasteiger charge is -2.14. The number of halogens is 1. The molecule has 0 aliphatic rings. The lowest BCUT2D eigenvalue weighted by Crippen LogP contribution is -2.33. The van der Waals surface area contributed by atoms with E-state index in [0.717, 1.165) is 20.8 Å². The molecular weight excluding hydrogens is 496 g/mol. The van der Waals surface area contributed by atoms with Crippen LogP contribution in [0.25, 0.3) is 10.8 Å². The molecule has 0 radical (unpaired) electrons. The third kappa shape index (κ3) is 5.88. The van der Waals surface area contributed by atoms with E-state index < -0.39 is 12.1 Å². The molecule has 6 nitrogen and oxygen atoms in total. The van der Waals surface area contributed by atoms with Crippen molar-refractivity contribution in [2.45, 2.75) is 13.0 Å². The minimum Gasteiger partial charge on any atom is -0.480 e. The van der Waals surface area contributed by atoms with Crippen molar-refractivity contribution in [3.8, 4) is 11.5 Å². The van der Waals surface area contributed by atoms with Gasteiger partial charge in [-0.05, 0) is 72.5 Å². The Labute approximate surface area is 205 Å². The van der Waals surface area contributed by atoms with Crippen molar-refractivity contribution >= 4 is 44.8 Å². The normalized spacial score (nSPS) is 11.8. The lowest BCUT2D eigenvalue weighted by molar-refractivity contribution is -0.127. The SMILES string of the molecule is CC(Oc1cccc2ccccc12)C(=O)NN=Cc1ccc(OC(=O)c2ccc(Br)cc2)cc1. The van der Waals surface area contributed by atoms with Gasteiger partial charge in [0.1, 0.15) is 11.5 Å². The molecule has 4 aromatic carbocycles. The number of ether oxygens (including phenoxy) is 2. The molecular formula is C27H21BrN2O4. The minimum atomic E-state index is -0.733. The van der Waals surface area contributed by atoms with Crippen LogP contribution >= 0.6 is 15.9 Å². The molecule has 34 heavy (non-hydrogen) atoms. The van der Waals surface area contributed by atoms with Gasteiger partial charge < -0.3 is 9.47 Å². The van der Waals surface area contributed by atoms with Gasteiger partial charge in [0.25, 0.3) is 5.91 Å². The van der Waals surface area contributed by atoms with Gasteiger partial charge in [0, 0.05) is 9.86 Å². The Kier molecular flexibility index (Phi) is 7.34. The molecule has 0 fully saturated rings. The van der Waals surface area contributed by atoms with Gasteiger partial charge in [-0.25, -0.2) is 10.2 Å². The molecule has 1 atom stereocenters. The monoisotopic (exact) mass is 516 g/mol. The number of hydrogen-bond donors (Lipinski definition) is 1. The Bertz CT molecular complexity index is 1330. The molecule has 4 rings (SSSR count). The van der Waals surface area contributed by atoms with E-state index in [0.29, 0.717) is 17.1 Å². The zero-order valence-electron chi connectivity index (χ0n) is 18.3. The number of nitrogens with one attached hydrogen (secondary N) is 1. The third-order valence-corrected chi connectivity index (χ3v) is 5.51. The quantitative estimate of drug-likeness (QED) is 0.147. The van der Waals surface area contributed by atoms with Crippen LogP contribution in [-0.4, -0.2) is 24.2 Å². The number of nitrogens with zero attached hydrogens (tertiary/aromatic N) is 1. The van der Waals surface area contributed by atoms with E-state index in [1.54, 1.807) is 55.5 Å². The van der Waals surface area contributed by atoms with Crippen LogP contribution < -0.4 is 14.9 Å². The molecule has 0 bridgehead atoms. The first kappa shape index (κ1) is 23.2. The van der Waals surface area contributed by atoms with Gasteiger partial charge in [-0.2, -0.15) is 5.10 Å². The summed E-state index contributed by atoms with van der Waals surface area (Å²) in [6.07, 6.45) is 0.770. The Morgan fingerprint density at radius 3 is 2.38 bits per heavy atom. The third-order valence-electron chi connectivity index (χ3n) is 4.98. The summed E-state index contributed by atoms with van der Waals surface area (Å²) in [5, 5.41) is 5.97. The van der Waals surface area contributed by atoms with Gasteiger partial charge in [0.2, 0.25) is 0 Å². The summed E-state index contributed by atoms with van der Waals surface area (Å²) < 4.78 is 12.1. The Morgan fingerprint density at radius 2 is 1.62 bits per heavy atom. The molecule has 7 heteroatoms. The fourth-order valence-corrected chi connectivity index (χ4v) is 3.44. The molecule has 0 spiro atoms. The molecule has 1 amide bonds. The average molecular weight is 517 g/mol. The molecule has 1 unspecified atom stereocenters. The fraction of sp³-hybridized carbons (Fsp3) is 0.0741. The zero-order chi connectivity index (χ0) is 23.9. The first-order valence-electron chi connectivity index (χ1n) is 10.5. The highest BCUT2D eigenvalue weighted by atomic mass is 79.9. The summed E-state index contributed by atoms with van der Waals surface area (Å²) in [4.78, 5) is 24.6.